The molecule has 2 rings (SSSR count). The first-order valence-electron chi connectivity index (χ1n) is 8.95. The molecule has 0 saturated heterocycles. The maximum absolute atomic E-state index is 12.8. The minimum Gasteiger partial charge on any atom is -0.449 e. The van der Waals surface area contributed by atoms with Gasteiger partial charge >= 0.3 is 18.4 Å². The van der Waals surface area contributed by atoms with Gasteiger partial charge in [0.1, 0.15) is 6.61 Å². The fourth-order valence-corrected chi connectivity index (χ4v) is 2.57. The van der Waals surface area contributed by atoms with Crippen LogP contribution in [0.1, 0.15) is 24.5 Å². The van der Waals surface area contributed by atoms with E-state index in [0.29, 0.717) is 22.7 Å². The number of alkyl halides is 6. The Balaban J connectivity index is 1.99. The maximum atomic E-state index is 12.8. The molecule has 0 radical (unpaired) electrons. The Hall–Kier alpha value is -2.99. The summed E-state index contributed by atoms with van der Waals surface area (Å²) >= 11 is 0. The summed E-state index contributed by atoms with van der Waals surface area (Å²) in [7, 11) is 1.26. The van der Waals surface area contributed by atoms with Gasteiger partial charge in [-0.05, 0) is 11.6 Å². The third-order valence-electron chi connectivity index (χ3n) is 4.17. The zero-order chi connectivity index (χ0) is 23.2. The number of hydrogen-bond donors (Lipinski definition) is 1. The molecule has 1 aromatic rings. The first-order valence-corrected chi connectivity index (χ1v) is 8.95. The molecule has 1 heterocycles. The Morgan fingerprint density at radius 2 is 2.00 bits per heavy atom. The van der Waals surface area contributed by atoms with Gasteiger partial charge in [-0.3, -0.25) is 0 Å². The highest BCUT2D eigenvalue weighted by atomic mass is 19.4. The van der Waals surface area contributed by atoms with Gasteiger partial charge in [0.2, 0.25) is 5.90 Å². The summed E-state index contributed by atoms with van der Waals surface area (Å²) in [6.07, 6.45) is -13.5. The molecule has 1 N–H and O–H groups in total. The van der Waals surface area contributed by atoms with E-state index >= 15 is 0 Å². The predicted octanol–water partition coefficient (Wildman–Crippen LogP) is 4.04. The molecule has 7 nitrogen and oxygen atoms in total. The predicted molar refractivity (Wildman–Crippen MR) is 98.2 cm³/mol. The van der Waals surface area contributed by atoms with Crippen LogP contribution in [-0.4, -0.2) is 55.2 Å². The second-order valence-corrected chi connectivity index (χ2v) is 6.78. The number of amides is 1. The minimum absolute atomic E-state index is 0.0534. The van der Waals surface area contributed by atoms with E-state index in [1.807, 2.05) is 0 Å². The zero-order valence-corrected chi connectivity index (χ0v) is 16.5. The number of hydrogen-bond acceptors (Lipinski definition) is 6. The Morgan fingerprint density at radius 3 is 2.65 bits per heavy atom. The Morgan fingerprint density at radius 1 is 1.29 bits per heavy atom. The van der Waals surface area contributed by atoms with E-state index in [2.05, 4.69) is 20.4 Å². The summed E-state index contributed by atoms with van der Waals surface area (Å²) < 4.78 is 79.9. The van der Waals surface area contributed by atoms with Crippen LogP contribution in [0, 0.1) is 5.92 Å². The summed E-state index contributed by atoms with van der Waals surface area (Å²) in [4.78, 5) is 22.1. The molecule has 13 heteroatoms. The van der Waals surface area contributed by atoms with Crippen LogP contribution >= 0.6 is 0 Å². The number of carbonyl (C=O) groups is 1. The number of halogens is 6. The van der Waals surface area contributed by atoms with Crippen LogP contribution in [-0.2, 0) is 16.1 Å². The molecule has 172 valence electrons. The Kier molecular flexibility index (Phi) is 7.74. The van der Waals surface area contributed by atoms with Gasteiger partial charge in [-0.1, -0.05) is 18.2 Å². The average molecular weight is 454 g/mol. The third kappa shape index (κ3) is 7.98. The highest BCUT2D eigenvalue weighted by Gasteiger charge is 2.47. The molecule has 0 saturated carbocycles. The van der Waals surface area contributed by atoms with Gasteiger partial charge in [-0.15, -0.1) is 10.7 Å². The standard InChI is InChI=1S/C18H20F6N4O3/c1-11-25-8-15(26-27-31-11)13-5-3-4-12(6-13)9-28(2)16(29)30-10-14(18(22,23)24)7-17(19,20)21/h3-6,14,27H,7-10H2,1-2H3. The fraction of sp³-hybridized carbons (Fsp3) is 0.500. The lowest BCUT2D eigenvalue weighted by atomic mass is 10.1. The van der Waals surface area contributed by atoms with Gasteiger partial charge < -0.3 is 14.5 Å². The van der Waals surface area contributed by atoms with E-state index in [9.17, 15) is 31.1 Å². The van der Waals surface area contributed by atoms with Crippen LogP contribution in [0.3, 0.4) is 0 Å². The van der Waals surface area contributed by atoms with E-state index in [4.69, 9.17) is 4.84 Å². The largest absolute Gasteiger partial charge is 0.449 e. The highest BCUT2D eigenvalue weighted by Crippen LogP contribution is 2.35. The van der Waals surface area contributed by atoms with Gasteiger partial charge in [-0.25, -0.2) is 9.79 Å². The molecule has 1 aliphatic rings. The van der Waals surface area contributed by atoms with E-state index in [1.165, 1.54) is 7.05 Å². The second-order valence-electron chi connectivity index (χ2n) is 6.78. The average Bonchev–Trinajstić information content (AvgIpc) is 2.88. The molecular formula is C18H20F6N4O3. The number of aliphatic imine (C=N–C) groups is 1. The van der Waals surface area contributed by atoms with E-state index in [0.717, 1.165) is 4.90 Å². The Bertz CT molecular complexity index is 838. The SMILES string of the molecule is CC1=NCC(c2cccc(CN(C)C(=O)OCC(CC(F)(F)F)C(F)(F)F)c2)=NNO1. The van der Waals surface area contributed by atoms with Crippen molar-refractivity contribution < 1.29 is 40.7 Å². The van der Waals surface area contributed by atoms with Crippen molar-refractivity contribution in [1.82, 2.24) is 10.5 Å². The van der Waals surface area contributed by atoms with E-state index in [-0.39, 0.29) is 13.1 Å². The van der Waals surface area contributed by atoms with Crippen molar-refractivity contribution >= 4 is 17.7 Å². The number of carbonyl (C=O) groups excluding carboxylic acids is 1. The molecule has 0 spiro atoms. The van der Waals surface area contributed by atoms with E-state index < -0.39 is 37.4 Å². The minimum atomic E-state index is -5.15. The van der Waals surface area contributed by atoms with Crippen LogP contribution in [0.15, 0.2) is 34.4 Å². The molecule has 1 aliphatic heterocycles. The number of nitrogens with zero attached hydrogens (tertiary/aromatic N) is 3. The maximum Gasteiger partial charge on any atom is 0.409 e. The molecule has 31 heavy (non-hydrogen) atoms. The molecule has 1 amide bonds. The van der Waals surface area contributed by atoms with Crippen LogP contribution in [0.5, 0.6) is 0 Å². The first kappa shape index (κ1) is 24.3. The monoisotopic (exact) mass is 454 g/mol. The summed E-state index contributed by atoms with van der Waals surface area (Å²) in [6, 6.07) is 6.76. The summed E-state index contributed by atoms with van der Waals surface area (Å²) in [5.41, 5.74) is 4.18. The van der Waals surface area contributed by atoms with E-state index in [1.54, 1.807) is 31.2 Å². The number of hydrazone groups is 1. The molecular weight excluding hydrogens is 434 g/mol. The van der Waals surface area contributed by atoms with Gasteiger partial charge in [0.15, 0.2) is 0 Å². The normalized spacial score (nSPS) is 15.6. The lowest BCUT2D eigenvalue weighted by Crippen LogP contribution is -2.35. The van der Waals surface area contributed by atoms with Crippen LogP contribution in [0.4, 0.5) is 31.1 Å². The zero-order valence-electron chi connectivity index (χ0n) is 16.5. The summed E-state index contributed by atoms with van der Waals surface area (Å²) in [6.45, 7) is 0.396. The van der Waals surface area contributed by atoms with Crippen molar-refractivity contribution in [3.8, 4) is 0 Å². The molecule has 1 unspecified atom stereocenters. The van der Waals surface area contributed by atoms with Gasteiger partial charge in [0.05, 0.1) is 24.6 Å². The van der Waals surface area contributed by atoms with Crippen molar-refractivity contribution in [2.45, 2.75) is 32.2 Å². The molecule has 1 aromatic carbocycles. The van der Waals surface area contributed by atoms with Crippen molar-refractivity contribution in [3.63, 3.8) is 0 Å². The number of ether oxygens (including phenoxy) is 1. The van der Waals surface area contributed by atoms with Gasteiger partial charge in [-0.2, -0.15) is 26.3 Å². The smallest absolute Gasteiger partial charge is 0.409 e. The quantitative estimate of drug-likeness (QED) is 0.659. The Labute approximate surface area is 173 Å². The second kappa shape index (κ2) is 9.88. The number of rotatable bonds is 6. The van der Waals surface area contributed by atoms with Crippen LogP contribution < -0.4 is 5.59 Å². The van der Waals surface area contributed by atoms with Crippen LogP contribution in [0.25, 0.3) is 0 Å². The number of nitrogens with one attached hydrogen (secondary N) is 1. The van der Waals surface area contributed by atoms with Crippen molar-refractivity contribution in [2.24, 2.45) is 16.0 Å². The lowest BCUT2D eigenvalue weighted by Gasteiger charge is -2.23. The fourth-order valence-electron chi connectivity index (χ4n) is 2.57. The topological polar surface area (TPSA) is 75.5 Å². The van der Waals surface area contributed by atoms with Crippen molar-refractivity contribution in [3.05, 3.63) is 35.4 Å². The third-order valence-corrected chi connectivity index (χ3v) is 4.17. The molecule has 0 aliphatic carbocycles. The van der Waals surface area contributed by atoms with Gasteiger partial charge in [0, 0.05) is 26.1 Å². The summed E-state index contributed by atoms with van der Waals surface area (Å²) in [5.74, 6) is -2.44. The summed E-state index contributed by atoms with van der Waals surface area (Å²) in [5, 5.41) is 4.03. The van der Waals surface area contributed by atoms with Crippen molar-refractivity contribution in [1.29, 1.82) is 0 Å². The molecule has 0 aromatic heterocycles. The van der Waals surface area contributed by atoms with Gasteiger partial charge in [0.25, 0.3) is 0 Å². The molecule has 0 fully saturated rings. The van der Waals surface area contributed by atoms with Crippen LogP contribution in [0.2, 0.25) is 0 Å². The highest BCUT2D eigenvalue weighted by molar-refractivity contribution is 6.03. The lowest BCUT2D eigenvalue weighted by molar-refractivity contribution is -0.226. The molecule has 1 atom stereocenters. The first-order chi connectivity index (χ1) is 14.3. The molecule has 0 bridgehead atoms. The van der Waals surface area contributed by atoms with Crippen molar-refractivity contribution in [2.75, 3.05) is 20.2 Å². The number of benzene rings is 1.